The van der Waals surface area contributed by atoms with Gasteiger partial charge in [0.15, 0.2) is 15.4 Å². The van der Waals surface area contributed by atoms with Crippen molar-refractivity contribution in [3.63, 3.8) is 0 Å². The number of nitrogens with zero attached hydrogens (tertiary/aromatic N) is 3. The second-order valence-electron chi connectivity index (χ2n) is 6.29. The summed E-state index contributed by atoms with van der Waals surface area (Å²) in [4.78, 5) is 19.9. The highest BCUT2D eigenvalue weighted by Gasteiger charge is 2.36. The Labute approximate surface area is 139 Å². The number of amides is 1. The van der Waals surface area contributed by atoms with Gasteiger partial charge in [-0.1, -0.05) is 0 Å². The molecule has 2 N–H and O–H groups in total. The lowest BCUT2D eigenvalue weighted by molar-refractivity contribution is 0.100. The van der Waals surface area contributed by atoms with Crippen molar-refractivity contribution in [3.05, 3.63) is 23.8 Å². The summed E-state index contributed by atoms with van der Waals surface area (Å²) in [6.07, 6.45) is 0. The highest BCUT2D eigenvalue weighted by atomic mass is 32.2. The largest absolute Gasteiger partial charge is 0.423 e. The molecule has 2 aromatic rings. The zero-order chi connectivity index (χ0) is 16.9. The Hall–Kier alpha value is -2.13. The first-order chi connectivity index (χ1) is 11.4. The molecule has 128 valence electrons. The average Bonchev–Trinajstić information content (AvgIpc) is 2.89. The Morgan fingerprint density at radius 2 is 1.96 bits per heavy atom. The molecule has 0 aliphatic carbocycles. The number of carbonyl (C=O) groups excluding carboxylic acids is 1. The normalized spacial score (nSPS) is 21.8. The molecule has 0 atom stereocenters. The third-order valence-electron chi connectivity index (χ3n) is 4.69. The molecule has 4 rings (SSSR count). The Morgan fingerprint density at radius 3 is 2.62 bits per heavy atom. The Morgan fingerprint density at radius 1 is 1.25 bits per heavy atom. The molecule has 9 heteroatoms. The third-order valence-corrected chi connectivity index (χ3v) is 6.30. The molecule has 2 fully saturated rings. The Balaban J connectivity index is 1.43. The van der Waals surface area contributed by atoms with Gasteiger partial charge in [0.25, 0.3) is 6.01 Å². The predicted molar refractivity (Wildman–Crippen MR) is 88.8 cm³/mol. The molecule has 24 heavy (non-hydrogen) atoms. The van der Waals surface area contributed by atoms with E-state index in [0.29, 0.717) is 41.8 Å². The predicted octanol–water partition coefficient (Wildman–Crippen LogP) is -0.154. The first kappa shape index (κ1) is 15.4. The van der Waals surface area contributed by atoms with Gasteiger partial charge < -0.3 is 15.1 Å². The van der Waals surface area contributed by atoms with Crippen LogP contribution < -0.4 is 10.6 Å². The summed E-state index contributed by atoms with van der Waals surface area (Å²) in [6, 6.07) is 5.78. The fourth-order valence-electron chi connectivity index (χ4n) is 3.14. The molecular weight excluding hydrogens is 332 g/mol. The zero-order valence-corrected chi connectivity index (χ0v) is 13.8. The lowest BCUT2D eigenvalue weighted by Crippen LogP contribution is -2.62. The smallest absolute Gasteiger partial charge is 0.298 e. The van der Waals surface area contributed by atoms with Crippen molar-refractivity contribution in [1.82, 2.24) is 9.88 Å². The fraction of sp³-hybridized carbons (Fsp3) is 0.467. The van der Waals surface area contributed by atoms with Crippen LogP contribution in [0, 0.1) is 0 Å². The van der Waals surface area contributed by atoms with Crippen molar-refractivity contribution in [2.24, 2.45) is 5.73 Å². The van der Waals surface area contributed by atoms with E-state index >= 15 is 0 Å². The maximum absolute atomic E-state index is 11.5. The first-order valence-corrected chi connectivity index (χ1v) is 9.63. The summed E-state index contributed by atoms with van der Waals surface area (Å²) in [5.41, 5.74) is 6.89. The van der Waals surface area contributed by atoms with Crippen LogP contribution in [0.4, 0.5) is 6.01 Å². The minimum Gasteiger partial charge on any atom is -0.423 e. The van der Waals surface area contributed by atoms with Crippen LogP contribution in [0.25, 0.3) is 11.1 Å². The SMILES string of the molecule is NC(=O)c1ccc2oc(N3CC(N4CCS(=O)(=O)CC4)C3)nc2c1. The molecule has 0 saturated carbocycles. The molecule has 0 radical (unpaired) electrons. The molecule has 2 aliphatic heterocycles. The molecule has 2 aliphatic rings. The van der Waals surface area contributed by atoms with E-state index in [1.165, 1.54) is 0 Å². The molecule has 0 spiro atoms. The summed E-state index contributed by atoms with van der Waals surface area (Å²) in [7, 11) is -2.85. The van der Waals surface area contributed by atoms with Gasteiger partial charge >= 0.3 is 0 Å². The number of primary amides is 1. The number of carbonyl (C=O) groups is 1. The summed E-state index contributed by atoms with van der Waals surface area (Å²) in [5.74, 6) is -0.0181. The van der Waals surface area contributed by atoms with Crippen molar-refractivity contribution < 1.29 is 17.6 Å². The summed E-state index contributed by atoms with van der Waals surface area (Å²) in [6.45, 7) is 2.71. The van der Waals surface area contributed by atoms with Gasteiger partial charge in [0.1, 0.15) is 5.52 Å². The second kappa shape index (κ2) is 5.45. The van der Waals surface area contributed by atoms with E-state index in [4.69, 9.17) is 10.2 Å². The highest BCUT2D eigenvalue weighted by Crippen LogP contribution is 2.28. The standard InChI is InChI=1S/C15H18N4O4S/c16-14(20)10-1-2-13-12(7-10)17-15(23-13)19-8-11(9-19)18-3-5-24(21,22)6-4-18/h1-2,7,11H,3-6,8-9H2,(H2,16,20). The summed E-state index contributed by atoms with van der Waals surface area (Å²) < 4.78 is 28.7. The Bertz CT molecular complexity index is 887. The van der Waals surface area contributed by atoms with Gasteiger partial charge in [0.2, 0.25) is 5.91 Å². The van der Waals surface area contributed by atoms with E-state index in [0.717, 1.165) is 13.1 Å². The number of rotatable bonds is 3. The van der Waals surface area contributed by atoms with Crippen LogP contribution in [-0.2, 0) is 9.84 Å². The number of hydrogen-bond acceptors (Lipinski definition) is 7. The van der Waals surface area contributed by atoms with Gasteiger partial charge in [-0.25, -0.2) is 8.42 Å². The zero-order valence-electron chi connectivity index (χ0n) is 13.0. The third kappa shape index (κ3) is 2.73. The molecule has 8 nitrogen and oxygen atoms in total. The number of hydrogen-bond donors (Lipinski definition) is 1. The van der Waals surface area contributed by atoms with Gasteiger partial charge in [0, 0.05) is 37.8 Å². The van der Waals surface area contributed by atoms with Crippen LogP contribution in [0.3, 0.4) is 0 Å². The number of anilines is 1. The topological polar surface area (TPSA) is 110 Å². The van der Waals surface area contributed by atoms with Crippen molar-refractivity contribution in [2.45, 2.75) is 6.04 Å². The molecule has 2 saturated heterocycles. The lowest BCUT2D eigenvalue weighted by atomic mass is 10.1. The number of fused-ring (bicyclic) bond motifs is 1. The minimum atomic E-state index is -2.85. The van der Waals surface area contributed by atoms with Gasteiger partial charge in [-0.05, 0) is 18.2 Å². The van der Waals surface area contributed by atoms with E-state index in [2.05, 4.69) is 9.88 Å². The number of aromatic nitrogens is 1. The van der Waals surface area contributed by atoms with E-state index in [9.17, 15) is 13.2 Å². The van der Waals surface area contributed by atoms with E-state index in [1.807, 2.05) is 4.90 Å². The fourth-order valence-corrected chi connectivity index (χ4v) is 4.37. The molecule has 0 bridgehead atoms. The molecule has 3 heterocycles. The Kier molecular flexibility index (Phi) is 3.50. The van der Waals surface area contributed by atoms with Crippen molar-refractivity contribution in [2.75, 3.05) is 42.6 Å². The molecule has 1 aromatic carbocycles. The molecule has 1 aromatic heterocycles. The van der Waals surface area contributed by atoms with Gasteiger partial charge in [-0.3, -0.25) is 9.69 Å². The average molecular weight is 350 g/mol. The quantitative estimate of drug-likeness (QED) is 0.819. The number of nitrogens with two attached hydrogens (primary N) is 1. The van der Waals surface area contributed by atoms with Gasteiger partial charge in [-0.2, -0.15) is 4.98 Å². The first-order valence-electron chi connectivity index (χ1n) is 7.81. The van der Waals surface area contributed by atoms with E-state index in [-0.39, 0.29) is 11.5 Å². The number of oxazole rings is 1. The van der Waals surface area contributed by atoms with Crippen molar-refractivity contribution in [3.8, 4) is 0 Å². The van der Waals surface area contributed by atoms with Crippen LogP contribution in [0.2, 0.25) is 0 Å². The number of sulfone groups is 1. The van der Waals surface area contributed by atoms with E-state index in [1.54, 1.807) is 18.2 Å². The monoisotopic (exact) mass is 350 g/mol. The van der Waals surface area contributed by atoms with Gasteiger partial charge in [-0.15, -0.1) is 0 Å². The van der Waals surface area contributed by atoms with E-state index < -0.39 is 15.7 Å². The van der Waals surface area contributed by atoms with Crippen LogP contribution in [0.1, 0.15) is 10.4 Å². The maximum atomic E-state index is 11.5. The van der Waals surface area contributed by atoms with Crippen molar-refractivity contribution >= 4 is 32.9 Å². The maximum Gasteiger partial charge on any atom is 0.298 e. The summed E-state index contributed by atoms with van der Waals surface area (Å²) in [5, 5.41) is 0. The van der Waals surface area contributed by atoms with Gasteiger partial charge in [0.05, 0.1) is 11.5 Å². The van der Waals surface area contributed by atoms with Crippen LogP contribution in [-0.4, -0.2) is 67.9 Å². The molecule has 1 amide bonds. The highest BCUT2D eigenvalue weighted by molar-refractivity contribution is 7.91. The van der Waals surface area contributed by atoms with Crippen LogP contribution in [0.15, 0.2) is 22.6 Å². The second-order valence-corrected chi connectivity index (χ2v) is 8.59. The summed E-state index contributed by atoms with van der Waals surface area (Å²) >= 11 is 0. The van der Waals surface area contributed by atoms with Crippen LogP contribution in [0.5, 0.6) is 0 Å². The molecule has 0 unspecified atom stereocenters. The van der Waals surface area contributed by atoms with Crippen molar-refractivity contribution in [1.29, 1.82) is 0 Å². The minimum absolute atomic E-state index is 0.238. The number of benzene rings is 1. The molecular formula is C15H18N4O4S. The van der Waals surface area contributed by atoms with Crippen LogP contribution >= 0.6 is 0 Å². The lowest BCUT2D eigenvalue weighted by Gasteiger charge is -2.45.